The van der Waals surface area contributed by atoms with Crippen molar-refractivity contribution in [2.75, 3.05) is 24.6 Å². The lowest BCUT2D eigenvalue weighted by molar-refractivity contribution is -0.121. The highest BCUT2D eigenvalue weighted by Gasteiger charge is 2.32. The second kappa shape index (κ2) is 7.56. The second-order valence-corrected chi connectivity index (χ2v) is 10.5. The van der Waals surface area contributed by atoms with E-state index in [1.807, 2.05) is 0 Å². The highest BCUT2D eigenvalue weighted by molar-refractivity contribution is 7.91. The molecule has 0 aliphatic carbocycles. The molecule has 152 valence electrons. The molecule has 2 heterocycles. The summed E-state index contributed by atoms with van der Waals surface area (Å²) < 4.78 is 50.9. The molecule has 1 fully saturated rings. The lowest BCUT2D eigenvalue weighted by Gasteiger charge is -2.21. The van der Waals surface area contributed by atoms with Crippen molar-refractivity contribution < 1.29 is 21.6 Å². The standard InChI is InChI=1S/C14H22N4O7S2/c1-4-18(8-12(19)15-10-5-6-26(22,23)9-10)27(24,25)11-7-16(2)14(21)17(3)13(11)20/h7,10H,4-6,8-9H2,1-3H3,(H,15,19). The number of sulfonamides is 1. The monoisotopic (exact) mass is 422 g/mol. The average molecular weight is 422 g/mol. The van der Waals surface area contributed by atoms with Gasteiger partial charge in [0.2, 0.25) is 5.91 Å². The van der Waals surface area contributed by atoms with Crippen molar-refractivity contribution in [3.63, 3.8) is 0 Å². The summed E-state index contributed by atoms with van der Waals surface area (Å²) in [5.41, 5.74) is -1.67. The van der Waals surface area contributed by atoms with Gasteiger partial charge in [-0.25, -0.2) is 21.6 Å². The van der Waals surface area contributed by atoms with E-state index in [-0.39, 0.29) is 24.5 Å². The minimum Gasteiger partial charge on any atom is -0.351 e. The summed E-state index contributed by atoms with van der Waals surface area (Å²) >= 11 is 0. The van der Waals surface area contributed by atoms with Crippen molar-refractivity contribution in [1.82, 2.24) is 18.8 Å². The molecule has 0 spiro atoms. The molecule has 1 aliphatic heterocycles. The molecule has 1 aromatic heterocycles. The van der Waals surface area contributed by atoms with Gasteiger partial charge in [-0.2, -0.15) is 4.31 Å². The van der Waals surface area contributed by atoms with Gasteiger partial charge in [0.25, 0.3) is 15.6 Å². The lowest BCUT2D eigenvalue weighted by Crippen LogP contribution is -2.47. The van der Waals surface area contributed by atoms with Gasteiger partial charge in [-0.15, -0.1) is 0 Å². The highest BCUT2D eigenvalue weighted by Crippen LogP contribution is 2.13. The predicted octanol–water partition coefficient (Wildman–Crippen LogP) is -2.60. The van der Waals surface area contributed by atoms with Crippen molar-refractivity contribution in [3.8, 4) is 0 Å². The van der Waals surface area contributed by atoms with Crippen LogP contribution in [0.4, 0.5) is 0 Å². The molecule has 0 saturated carbocycles. The van der Waals surface area contributed by atoms with Crippen molar-refractivity contribution in [2.45, 2.75) is 24.3 Å². The summed E-state index contributed by atoms with van der Waals surface area (Å²) in [6, 6.07) is -0.561. The van der Waals surface area contributed by atoms with Gasteiger partial charge >= 0.3 is 5.69 Å². The van der Waals surface area contributed by atoms with Gasteiger partial charge in [-0.05, 0) is 6.42 Å². The van der Waals surface area contributed by atoms with Crippen molar-refractivity contribution in [1.29, 1.82) is 0 Å². The fraction of sp³-hybridized carbons (Fsp3) is 0.643. The van der Waals surface area contributed by atoms with E-state index >= 15 is 0 Å². The molecule has 0 bridgehead atoms. The zero-order chi connectivity index (χ0) is 20.6. The zero-order valence-electron chi connectivity index (χ0n) is 15.2. The number of hydrogen-bond donors (Lipinski definition) is 1. The van der Waals surface area contributed by atoms with Gasteiger partial charge in [-0.3, -0.25) is 14.2 Å². The first-order valence-electron chi connectivity index (χ1n) is 8.15. The third-order valence-electron chi connectivity index (χ3n) is 4.30. The molecule has 1 amide bonds. The summed E-state index contributed by atoms with van der Waals surface area (Å²) in [6.07, 6.45) is 1.19. The van der Waals surface area contributed by atoms with Gasteiger partial charge in [0.05, 0.1) is 18.1 Å². The average Bonchev–Trinajstić information content (AvgIpc) is 2.92. The Morgan fingerprint density at radius 1 is 1.33 bits per heavy atom. The molecule has 27 heavy (non-hydrogen) atoms. The molecule has 1 unspecified atom stereocenters. The zero-order valence-corrected chi connectivity index (χ0v) is 16.8. The van der Waals surface area contributed by atoms with Gasteiger partial charge in [0.15, 0.2) is 14.7 Å². The molecule has 0 radical (unpaired) electrons. The molecular formula is C14H22N4O7S2. The lowest BCUT2D eigenvalue weighted by atomic mass is 10.2. The van der Waals surface area contributed by atoms with Crippen LogP contribution in [0.3, 0.4) is 0 Å². The maximum absolute atomic E-state index is 12.8. The highest BCUT2D eigenvalue weighted by atomic mass is 32.2. The molecule has 11 nitrogen and oxygen atoms in total. The number of likely N-dealkylation sites (N-methyl/N-ethyl adjacent to an activating group) is 1. The summed E-state index contributed by atoms with van der Waals surface area (Å²) in [7, 11) is -5.05. The number of amides is 1. The quantitative estimate of drug-likeness (QED) is 0.529. The number of nitrogens with zero attached hydrogens (tertiary/aromatic N) is 3. The molecular weight excluding hydrogens is 400 g/mol. The van der Waals surface area contributed by atoms with Crippen LogP contribution in [-0.2, 0) is 38.8 Å². The largest absolute Gasteiger partial charge is 0.351 e. The molecule has 1 N–H and O–H groups in total. The van der Waals surface area contributed by atoms with Crippen LogP contribution in [0.2, 0.25) is 0 Å². The fourth-order valence-corrected chi connectivity index (χ4v) is 6.03. The smallest absolute Gasteiger partial charge is 0.330 e. The Bertz CT molecular complexity index is 1070. The first-order valence-corrected chi connectivity index (χ1v) is 11.4. The fourth-order valence-electron chi connectivity index (χ4n) is 2.80. The molecule has 1 atom stereocenters. The number of carbonyl (C=O) groups is 1. The Morgan fingerprint density at radius 3 is 2.48 bits per heavy atom. The third-order valence-corrected chi connectivity index (χ3v) is 7.97. The number of nitrogens with one attached hydrogen (secondary N) is 1. The minimum atomic E-state index is -4.33. The summed E-state index contributed by atoms with van der Waals surface area (Å²) in [6.45, 7) is 0.837. The third kappa shape index (κ3) is 4.47. The van der Waals surface area contributed by atoms with E-state index in [1.54, 1.807) is 0 Å². The van der Waals surface area contributed by atoms with Crippen LogP contribution < -0.4 is 16.6 Å². The molecule has 0 aromatic carbocycles. The van der Waals surface area contributed by atoms with Crippen LogP contribution in [-0.4, -0.2) is 66.8 Å². The topological polar surface area (TPSA) is 145 Å². The van der Waals surface area contributed by atoms with Gasteiger partial charge in [-0.1, -0.05) is 6.92 Å². The Hall–Kier alpha value is -1.99. The number of aromatic nitrogens is 2. The van der Waals surface area contributed by atoms with Crippen molar-refractivity contribution in [2.24, 2.45) is 14.1 Å². The Morgan fingerprint density at radius 2 is 1.96 bits per heavy atom. The normalized spacial score (nSPS) is 19.3. The number of carbonyl (C=O) groups excluding carboxylic acids is 1. The molecule has 1 aliphatic rings. The number of hydrogen-bond acceptors (Lipinski definition) is 7. The van der Waals surface area contributed by atoms with Crippen LogP contribution in [0.1, 0.15) is 13.3 Å². The molecule has 13 heteroatoms. The van der Waals surface area contributed by atoms with Crippen LogP contribution in [0.25, 0.3) is 0 Å². The molecule has 1 saturated heterocycles. The SMILES string of the molecule is CCN(CC(=O)NC1CCS(=O)(=O)C1)S(=O)(=O)c1cn(C)c(=O)n(C)c1=O. The van der Waals surface area contributed by atoms with Crippen molar-refractivity contribution in [3.05, 3.63) is 27.0 Å². The van der Waals surface area contributed by atoms with E-state index in [2.05, 4.69) is 5.32 Å². The number of sulfone groups is 1. The van der Waals surface area contributed by atoms with Crippen LogP contribution in [0.5, 0.6) is 0 Å². The minimum absolute atomic E-state index is 0.0260. The molecule has 2 rings (SSSR count). The van der Waals surface area contributed by atoms with Crippen LogP contribution >= 0.6 is 0 Å². The van der Waals surface area contributed by atoms with E-state index in [0.29, 0.717) is 4.57 Å². The maximum atomic E-state index is 12.8. The van der Waals surface area contributed by atoms with E-state index < -0.39 is 54.5 Å². The van der Waals surface area contributed by atoms with E-state index in [9.17, 15) is 31.2 Å². The van der Waals surface area contributed by atoms with Gasteiger partial charge in [0, 0.05) is 32.9 Å². The predicted molar refractivity (Wildman–Crippen MR) is 96.6 cm³/mol. The number of aryl methyl sites for hydroxylation is 1. The maximum Gasteiger partial charge on any atom is 0.330 e. The summed E-state index contributed by atoms with van der Waals surface area (Å²) in [5, 5.41) is 2.51. The summed E-state index contributed by atoms with van der Waals surface area (Å²) in [4.78, 5) is 35.5. The first-order chi connectivity index (χ1) is 12.4. The Labute approximate surface area is 156 Å². The second-order valence-electron chi connectivity index (χ2n) is 6.35. The molecule has 1 aromatic rings. The van der Waals surface area contributed by atoms with E-state index in [0.717, 1.165) is 22.1 Å². The Kier molecular flexibility index (Phi) is 5.97. The van der Waals surface area contributed by atoms with Crippen molar-refractivity contribution >= 4 is 25.8 Å². The summed E-state index contributed by atoms with van der Waals surface area (Å²) in [5.74, 6) is -0.870. The van der Waals surface area contributed by atoms with Gasteiger partial charge in [0.1, 0.15) is 0 Å². The van der Waals surface area contributed by atoms with Crippen LogP contribution in [0, 0.1) is 0 Å². The first kappa shape index (κ1) is 21.3. The Balaban J connectivity index is 2.25. The number of rotatable bonds is 6. The van der Waals surface area contributed by atoms with E-state index in [4.69, 9.17) is 0 Å². The van der Waals surface area contributed by atoms with Gasteiger partial charge < -0.3 is 9.88 Å². The van der Waals surface area contributed by atoms with Crippen LogP contribution in [0.15, 0.2) is 20.7 Å². The van der Waals surface area contributed by atoms with E-state index in [1.165, 1.54) is 14.0 Å².